The molecule has 0 radical (unpaired) electrons. The van der Waals surface area contributed by atoms with Crippen LogP contribution in [-0.4, -0.2) is 24.0 Å². The first-order valence-electron chi connectivity index (χ1n) is 10.1. The number of halogens is 2. The Balaban J connectivity index is 1.58. The van der Waals surface area contributed by atoms with E-state index in [1.165, 1.54) is 5.56 Å². The van der Waals surface area contributed by atoms with Gasteiger partial charge in [-0.2, -0.15) is 5.26 Å². The minimum atomic E-state index is 0.342. The van der Waals surface area contributed by atoms with Gasteiger partial charge in [0.15, 0.2) is 0 Å². The molecule has 1 atom stereocenters. The SMILES string of the molecule is N#Cc1ccc(N(Cc2ccccc2Cl)[C@H]2CCN(Cc3ccccc3)C2)cc1Cl. The molecule has 0 aliphatic carbocycles. The quantitative estimate of drug-likeness (QED) is 0.465. The minimum Gasteiger partial charge on any atom is -0.363 e. The molecule has 152 valence electrons. The van der Waals surface area contributed by atoms with Crippen molar-refractivity contribution in [2.24, 2.45) is 0 Å². The highest BCUT2D eigenvalue weighted by molar-refractivity contribution is 6.32. The molecule has 1 aliphatic rings. The Morgan fingerprint density at radius 1 is 0.967 bits per heavy atom. The second-order valence-corrected chi connectivity index (χ2v) is 8.47. The van der Waals surface area contributed by atoms with Gasteiger partial charge >= 0.3 is 0 Å². The number of hydrogen-bond donors (Lipinski definition) is 0. The van der Waals surface area contributed by atoms with Gasteiger partial charge in [0, 0.05) is 42.9 Å². The molecular formula is C25H23Cl2N3. The summed E-state index contributed by atoms with van der Waals surface area (Å²) in [6, 6.07) is 26.7. The average molecular weight is 436 g/mol. The zero-order valence-corrected chi connectivity index (χ0v) is 18.2. The number of nitrogens with zero attached hydrogens (tertiary/aromatic N) is 3. The highest BCUT2D eigenvalue weighted by atomic mass is 35.5. The van der Waals surface area contributed by atoms with Crippen molar-refractivity contribution in [1.29, 1.82) is 5.26 Å². The summed E-state index contributed by atoms with van der Waals surface area (Å²) in [6.45, 7) is 3.66. The molecule has 4 rings (SSSR count). The second-order valence-electron chi connectivity index (χ2n) is 7.66. The molecule has 30 heavy (non-hydrogen) atoms. The predicted molar refractivity (Wildman–Crippen MR) is 124 cm³/mol. The fourth-order valence-corrected chi connectivity index (χ4v) is 4.48. The highest BCUT2D eigenvalue weighted by Crippen LogP contribution is 2.31. The summed E-state index contributed by atoms with van der Waals surface area (Å²) < 4.78 is 0. The summed E-state index contributed by atoms with van der Waals surface area (Å²) in [4.78, 5) is 4.87. The lowest BCUT2D eigenvalue weighted by molar-refractivity contribution is 0.325. The van der Waals surface area contributed by atoms with Crippen LogP contribution in [0.2, 0.25) is 10.0 Å². The first-order valence-corrected chi connectivity index (χ1v) is 10.9. The summed E-state index contributed by atoms with van der Waals surface area (Å²) in [5, 5.41) is 10.5. The first-order chi connectivity index (χ1) is 14.6. The number of anilines is 1. The Bertz CT molecular complexity index is 1050. The molecule has 3 aromatic rings. The van der Waals surface area contributed by atoms with E-state index >= 15 is 0 Å². The van der Waals surface area contributed by atoms with Gasteiger partial charge in [0.05, 0.1) is 10.6 Å². The van der Waals surface area contributed by atoms with Crippen LogP contribution in [0.15, 0.2) is 72.8 Å². The molecule has 0 unspecified atom stereocenters. The van der Waals surface area contributed by atoms with Crippen LogP contribution in [0, 0.1) is 11.3 Å². The molecule has 0 spiro atoms. The maximum atomic E-state index is 9.23. The van der Waals surface area contributed by atoms with Crippen LogP contribution in [0.5, 0.6) is 0 Å². The third-order valence-electron chi connectivity index (χ3n) is 5.64. The fraction of sp³-hybridized carbons (Fsp3) is 0.240. The van der Waals surface area contributed by atoms with Crippen molar-refractivity contribution in [2.45, 2.75) is 25.6 Å². The van der Waals surface area contributed by atoms with Crippen LogP contribution in [0.4, 0.5) is 5.69 Å². The van der Waals surface area contributed by atoms with Gasteiger partial charge in [0.25, 0.3) is 0 Å². The molecule has 1 fully saturated rings. The number of benzene rings is 3. The van der Waals surface area contributed by atoms with Gasteiger partial charge < -0.3 is 4.90 Å². The van der Waals surface area contributed by atoms with E-state index in [0.29, 0.717) is 23.2 Å². The summed E-state index contributed by atoms with van der Waals surface area (Å²) in [7, 11) is 0. The monoisotopic (exact) mass is 435 g/mol. The Morgan fingerprint density at radius 2 is 1.73 bits per heavy atom. The van der Waals surface area contributed by atoms with E-state index in [4.69, 9.17) is 23.2 Å². The standard InChI is InChI=1S/C25H23Cl2N3/c26-24-9-5-4-8-21(24)17-30(22-11-10-20(15-28)25(27)14-22)23-12-13-29(18-23)16-19-6-2-1-3-7-19/h1-11,14,23H,12-13,16-18H2/t23-/m0/s1. The molecule has 0 N–H and O–H groups in total. The molecule has 1 saturated heterocycles. The molecule has 0 aromatic heterocycles. The van der Waals surface area contributed by atoms with Crippen LogP contribution < -0.4 is 4.90 Å². The van der Waals surface area contributed by atoms with Gasteiger partial charge in [-0.25, -0.2) is 0 Å². The van der Waals surface area contributed by atoms with E-state index in [9.17, 15) is 5.26 Å². The fourth-order valence-electron chi connectivity index (χ4n) is 4.07. The Morgan fingerprint density at radius 3 is 2.47 bits per heavy atom. The molecule has 3 nitrogen and oxygen atoms in total. The molecule has 1 aliphatic heterocycles. The zero-order chi connectivity index (χ0) is 20.9. The molecule has 3 aromatic carbocycles. The van der Waals surface area contributed by atoms with E-state index in [-0.39, 0.29) is 0 Å². The molecule has 1 heterocycles. The predicted octanol–water partition coefficient (Wildman–Crippen LogP) is 6.15. The van der Waals surface area contributed by atoms with Crippen LogP contribution in [0.3, 0.4) is 0 Å². The van der Waals surface area contributed by atoms with Gasteiger partial charge in [-0.3, -0.25) is 4.90 Å². The summed E-state index contributed by atoms with van der Waals surface area (Å²) in [5.41, 5.74) is 3.93. The van der Waals surface area contributed by atoms with Crippen LogP contribution in [0.25, 0.3) is 0 Å². The zero-order valence-electron chi connectivity index (χ0n) is 16.6. The third kappa shape index (κ3) is 4.79. The average Bonchev–Trinajstić information content (AvgIpc) is 3.22. The lowest BCUT2D eigenvalue weighted by atomic mass is 10.1. The van der Waals surface area contributed by atoms with Crippen molar-refractivity contribution in [3.8, 4) is 6.07 Å². The minimum absolute atomic E-state index is 0.342. The normalized spacial score (nSPS) is 16.4. The van der Waals surface area contributed by atoms with Crippen molar-refractivity contribution in [2.75, 3.05) is 18.0 Å². The summed E-state index contributed by atoms with van der Waals surface area (Å²) >= 11 is 12.8. The van der Waals surface area contributed by atoms with E-state index in [1.54, 1.807) is 6.07 Å². The molecule has 0 amide bonds. The topological polar surface area (TPSA) is 30.3 Å². The van der Waals surface area contributed by atoms with E-state index < -0.39 is 0 Å². The maximum Gasteiger partial charge on any atom is 0.101 e. The van der Waals surface area contributed by atoms with E-state index in [0.717, 1.165) is 42.3 Å². The molecule has 0 bridgehead atoms. The van der Waals surface area contributed by atoms with Crippen molar-refractivity contribution in [1.82, 2.24) is 4.90 Å². The van der Waals surface area contributed by atoms with Gasteiger partial charge in [-0.15, -0.1) is 0 Å². The van der Waals surface area contributed by atoms with E-state index in [1.807, 2.05) is 30.3 Å². The van der Waals surface area contributed by atoms with Gasteiger partial charge in [0.1, 0.15) is 6.07 Å². The van der Waals surface area contributed by atoms with Crippen molar-refractivity contribution in [3.05, 3.63) is 99.5 Å². The Kier molecular flexibility index (Phi) is 6.59. The van der Waals surface area contributed by atoms with E-state index in [2.05, 4.69) is 52.3 Å². The van der Waals surface area contributed by atoms with Gasteiger partial charge in [0.2, 0.25) is 0 Å². The number of nitriles is 1. The number of likely N-dealkylation sites (tertiary alicyclic amines) is 1. The third-order valence-corrected chi connectivity index (χ3v) is 6.32. The smallest absolute Gasteiger partial charge is 0.101 e. The lowest BCUT2D eigenvalue weighted by Crippen LogP contribution is -2.37. The van der Waals surface area contributed by atoms with Crippen molar-refractivity contribution in [3.63, 3.8) is 0 Å². The van der Waals surface area contributed by atoms with Crippen LogP contribution >= 0.6 is 23.2 Å². The number of hydrogen-bond acceptors (Lipinski definition) is 3. The molecular weight excluding hydrogens is 413 g/mol. The van der Waals surface area contributed by atoms with Crippen molar-refractivity contribution < 1.29 is 0 Å². The highest BCUT2D eigenvalue weighted by Gasteiger charge is 2.28. The van der Waals surface area contributed by atoms with Gasteiger partial charge in [-0.05, 0) is 41.8 Å². The Hall–Kier alpha value is -2.51. The lowest BCUT2D eigenvalue weighted by Gasteiger charge is -2.32. The van der Waals surface area contributed by atoms with Crippen LogP contribution in [0.1, 0.15) is 23.1 Å². The first kappa shape index (κ1) is 20.8. The molecule has 5 heteroatoms. The van der Waals surface area contributed by atoms with Crippen LogP contribution in [-0.2, 0) is 13.1 Å². The summed E-state index contributed by atoms with van der Waals surface area (Å²) in [6.07, 6.45) is 1.06. The second kappa shape index (κ2) is 9.53. The molecule has 0 saturated carbocycles. The number of rotatable bonds is 6. The maximum absolute atomic E-state index is 9.23. The Labute approximate surface area is 188 Å². The van der Waals surface area contributed by atoms with Crippen molar-refractivity contribution >= 4 is 28.9 Å². The summed E-state index contributed by atoms with van der Waals surface area (Å²) in [5.74, 6) is 0. The largest absolute Gasteiger partial charge is 0.363 e. The van der Waals surface area contributed by atoms with Gasteiger partial charge in [-0.1, -0.05) is 71.7 Å².